The van der Waals surface area contributed by atoms with E-state index in [-0.39, 0.29) is 31.9 Å². The molecule has 0 aromatic heterocycles. The van der Waals surface area contributed by atoms with Crippen LogP contribution in [0.15, 0.2) is 76.7 Å². The van der Waals surface area contributed by atoms with E-state index in [1.807, 2.05) is 0 Å². The number of methoxy groups -OCH3 is 1. The minimum Gasteiger partial charge on any atom is -0.495 e. The number of nitro groups is 1. The molecule has 182 valence electrons. The van der Waals surface area contributed by atoms with Gasteiger partial charge in [0.25, 0.3) is 21.6 Å². The van der Waals surface area contributed by atoms with Crippen molar-refractivity contribution in [3.63, 3.8) is 0 Å². The molecule has 0 aliphatic carbocycles. The SMILES string of the molecule is COc1ccc(N(CC(=O)N/N=C\c2cc([N+](=O)[O-])ccc2Cl)S(=O)(=O)c2ccccc2)cc1Cl. The van der Waals surface area contributed by atoms with Crippen molar-refractivity contribution in [1.29, 1.82) is 0 Å². The van der Waals surface area contributed by atoms with Crippen LogP contribution in [-0.2, 0) is 14.8 Å². The number of benzene rings is 3. The van der Waals surface area contributed by atoms with E-state index in [1.165, 1.54) is 55.6 Å². The van der Waals surface area contributed by atoms with Crippen LogP contribution in [0.4, 0.5) is 11.4 Å². The molecule has 10 nitrogen and oxygen atoms in total. The van der Waals surface area contributed by atoms with Gasteiger partial charge >= 0.3 is 0 Å². The van der Waals surface area contributed by atoms with Crippen LogP contribution >= 0.6 is 23.2 Å². The zero-order chi connectivity index (χ0) is 25.6. The second kappa shape index (κ2) is 11.2. The van der Waals surface area contributed by atoms with Gasteiger partial charge in [-0.15, -0.1) is 0 Å². The summed E-state index contributed by atoms with van der Waals surface area (Å²) < 4.78 is 32.6. The standard InChI is InChI=1S/C22H18Cl2N4O6S/c1-34-21-10-8-16(12-20(21)24)27(35(32,33)18-5-3-2-4-6-18)14-22(29)26-25-13-15-11-17(28(30)31)7-9-19(15)23/h2-13H,14H2,1H3,(H,26,29)/b25-13-. The Kier molecular flexibility index (Phi) is 8.28. The quantitative estimate of drug-likeness (QED) is 0.247. The number of carbonyl (C=O) groups excluding carboxylic acids is 1. The number of anilines is 1. The minimum absolute atomic E-state index is 0.0355. The van der Waals surface area contributed by atoms with E-state index < -0.39 is 27.4 Å². The van der Waals surface area contributed by atoms with Gasteiger partial charge in [0.2, 0.25) is 0 Å². The van der Waals surface area contributed by atoms with Crippen molar-refractivity contribution < 1.29 is 22.9 Å². The number of non-ortho nitro benzene ring substituents is 1. The average Bonchev–Trinajstić information content (AvgIpc) is 2.84. The van der Waals surface area contributed by atoms with E-state index in [9.17, 15) is 23.3 Å². The predicted molar refractivity (Wildman–Crippen MR) is 133 cm³/mol. The first-order valence-electron chi connectivity index (χ1n) is 9.80. The average molecular weight is 537 g/mol. The molecule has 1 amide bonds. The summed E-state index contributed by atoms with van der Waals surface area (Å²) in [6.07, 6.45) is 1.12. The molecule has 3 aromatic rings. The van der Waals surface area contributed by atoms with Gasteiger partial charge in [0.15, 0.2) is 0 Å². The molecular weight excluding hydrogens is 519 g/mol. The zero-order valence-electron chi connectivity index (χ0n) is 18.1. The number of nitrogens with zero attached hydrogens (tertiary/aromatic N) is 3. The first-order chi connectivity index (χ1) is 16.6. The smallest absolute Gasteiger partial charge is 0.270 e. The Morgan fingerprint density at radius 1 is 1.11 bits per heavy atom. The number of hydrogen-bond acceptors (Lipinski definition) is 7. The molecule has 0 radical (unpaired) electrons. The Bertz CT molecular complexity index is 1380. The highest BCUT2D eigenvalue weighted by Gasteiger charge is 2.27. The van der Waals surface area contributed by atoms with Gasteiger partial charge in [0, 0.05) is 22.7 Å². The summed E-state index contributed by atoms with van der Waals surface area (Å²) in [5.74, 6) is -0.454. The Hall–Kier alpha value is -3.67. The van der Waals surface area contributed by atoms with E-state index in [0.29, 0.717) is 5.75 Å². The van der Waals surface area contributed by atoms with Crippen molar-refractivity contribution in [3.8, 4) is 5.75 Å². The first kappa shape index (κ1) is 25.9. The number of hydrazone groups is 1. The highest BCUT2D eigenvalue weighted by molar-refractivity contribution is 7.92. The number of nitrogens with one attached hydrogen (secondary N) is 1. The Balaban J connectivity index is 1.87. The second-order valence-corrected chi connectivity index (χ2v) is 9.58. The predicted octanol–water partition coefficient (Wildman–Crippen LogP) is 4.26. The molecule has 3 aromatic carbocycles. The summed E-state index contributed by atoms with van der Waals surface area (Å²) in [5, 5.41) is 15.0. The van der Waals surface area contributed by atoms with E-state index in [1.54, 1.807) is 18.2 Å². The van der Waals surface area contributed by atoms with E-state index >= 15 is 0 Å². The monoisotopic (exact) mass is 536 g/mol. The van der Waals surface area contributed by atoms with Gasteiger partial charge in [-0.05, 0) is 36.4 Å². The molecule has 0 heterocycles. The molecule has 0 bridgehead atoms. The van der Waals surface area contributed by atoms with E-state index in [2.05, 4.69) is 10.5 Å². The molecule has 0 aliphatic heterocycles. The summed E-state index contributed by atoms with van der Waals surface area (Å²) >= 11 is 12.2. The molecule has 3 rings (SSSR count). The highest BCUT2D eigenvalue weighted by atomic mass is 35.5. The Morgan fingerprint density at radius 3 is 2.46 bits per heavy atom. The fraction of sp³-hybridized carbons (Fsp3) is 0.0909. The van der Waals surface area contributed by atoms with Crippen molar-refractivity contribution in [2.75, 3.05) is 18.0 Å². The van der Waals surface area contributed by atoms with Gasteiger partial charge in [0.1, 0.15) is 12.3 Å². The van der Waals surface area contributed by atoms with Gasteiger partial charge in [-0.2, -0.15) is 5.10 Å². The van der Waals surface area contributed by atoms with Gasteiger partial charge < -0.3 is 4.74 Å². The molecule has 0 aliphatic rings. The fourth-order valence-corrected chi connectivity index (χ4v) is 4.78. The number of rotatable bonds is 9. The molecule has 35 heavy (non-hydrogen) atoms. The highest BCUT2D eigenvalue weighted by Crippen LogP contribution is 2.31. The van der Waals surface area contributed by atoms with Crippen LogP contribution in [0.25, 0.3) is 0 Å². The Morgan fingerprint density at radius 2 is 1.83 bits per heavy atom. The second-order valence-electron chi connectivity index (χ2n) is 6.90. The third-order valence-electron chi connectivity index (χ3n) is 4.63. The molecule has 13 heteroatoms. The maximum Gasteiger partial charge on any atom is 0.270 e. The van der Waals surface area contributed by atoms with Crippen LogP contribution < -0.4 is 14.5 Å². The Labute approximate surface area is 210 Å². The van der Waals surface area contributed by atoms with Crippen molar-refractivity contribution >= 4 is 56.7 Å². The zero-order valence-corrected chi connectivity index (χ0v) is 20.4. The van der Waals surface area contributed by atoms with Gasteiger partial charge in [0.05, 0.1) is 33.9 Å². The largest absolute Gasteiger partial charge is 0.495 e. The topological polar surface area (TPSA) is 131 Å². The molecule has 0 atom stereocenters. The van der Waals surface area contributed by atoms with Gasteiger partial charge in [-0.25, -0.2) is 13.8 Å². The lowest BCUT2D eigenvalue weighted by atomic mass is 10.2. The maximum absolute atomic E-state index is 13.3. The number of nitro benzene ring substituents is 1. The molecule has 0 saturated heterocycles. The molecule has 0 unspecified atom stereocenters. The van der Waals surface area contributed by atoms with Gasteiger partial charge in [-0.1, -0.05) is 41.4 Å². The number of sulfonamides is 1. The number of hydrogen-bond donors (Lipinski definition) is 1. The van der Waals surface area contributed by atoms with Crippen molar-refractivity contribution in [2.24, 2.45) is 5.10 Å². The lowest BCUT2D eigenvalue weighted by molar-refractivity contribution is -0.384. The van der Waals surface area contributed by atoms with E-state index in [0.717, 1.165) is 10.5 Å². The van der Waals surface area contributed by atoms with Crippen LogP contribution in [0, 0.1) is 10.1 Å². The normalized spacial score (nSPS) is 11.3. The molecule has 1 N–H and O–H groups in total. The van der Waals surface area contributed by atoms with Crippen molar-refractivity contribution in [1.82, 2.24) is 5.43 Å². The van der Waals surface area contributed by atoms with Crippen LogP contribution in [0.3, 0.4) is 0 Å². The maximum atomic E-state index is 13.3. The lowest BCUT2D eigenvalue weighted by Gasteiger charge is -2.24. The number of amides is 1. The number of ether oxygens (including phenoxy) is 1. The summed E-state index contributed by atoms with van der Waals surface area (Å²) in [6, 6.07) is 15.6. The minimum atomic E-state index is -4.16. The molecule has 0 fully saturated rings. The van der Waals surface area contributed by atoms with E-state index in [4.69, 9.17) is 27.9 Å². The third kappa shape index (κ3) is 6.27. The number of halogens is 2. The van der Waals surface area contributed by atoms with Crippen LogP contribution in [0.1, 0.15) is 5.56 Å². The lowest BCUT2D eigenvalue weighted by Crippen LogP contribution is -2.39. The van der Waals surface area contributed by atoms with Crippen LogP contribution in [0.2, 0.25) is 10.0 Å². The fourth-order valence-electron chi connectivity index (χ4n) is 2.93. The van der Waals surface area contributed by atoms with Crippen LogP contribution in [0.5, 0.6) is 5.75 Å². The summed E-state index contributed by atoms with van der Waals surface area (Å²) in [5.41, 5.74) is 2.31. The molecule has 0 spiro atoms. The van der Waals surface area contributed by atoms with Crippen molar-refractivity contribution in [2.45, 2.75) is 4.90 Å². The molecule has 0 saturated carbocycles. The summed E-state index contributed by atoms with van der Waals surface area (Å²) in [6.45, 7) is -0.639. The summed E-state index contributed by atoms with van der Waals surface area (Å²) in [4.78, 5) is 22.9. The number of carbonyl (C=O) groups is 1. The third-order valence-corrected chi connectivity index (χ3v) is 7.05. The van der Waals surface area contributed by atoms with Gasteiger partial charge in [-0.3, -0.25) is 19.2 Å². The first-order valence-corrected chi connectivity index (χ1v) is 12.0. The summed E-state index contributed by atoms with van der Waals surface area (Å²) in [7, 11) is -2.74. The van der Waals surface area contributed by atoms with Crippen molar-refractivity contribution in [3.05, 3.63) is 92.5 Å². The molecular formula is C22H18Cl2N4O6S. The van der Waals surface area contributed by atoms with Crippen LogP contribution in [-0.4, -0.2) is 39.1 Å².